The zero-order valence-corrected chi connectivity index (χ0v) is 11.1. The Hall–Kier alpha value is -2.28. The second-order valence-corrected chi connectivity index (χ2v) is 4.34. The summed E-state index contributed by atoms with van der Waals surface area (Å²) >= 11 is 0. The van der Waals surface area contributed by atoms with Crippen molar-refractivity contribution in [3.05, 3.63) is 23.8 Å². The predicted octanol–water partition coefficient (Wildman–Crippen LogP) is -0.181. The summed E-state index contributed by atoms with van der Waals surface area (Å²) in [6.07, 6.45) is 0.204. The maximum Gasteiger partial charge on any atom is 0.326 e. The van der Waals surface area contributed by atoms with Gasteiger partial charge in [0.25, 0.3) is 0 Å². The normalized spacial score (nSPS) is 11.8. The summed E-state index contributed by atoms with van der Waals surface area (Å²) in [4.78, 5) is 22.6. The first-order valence-electron chi connectivity index (χ1n) is 6.11. The van der Waals surface area contributed by atoms with E-state index in [4.69, 9.17) is 5.11 Å². The molecule has 0 fully saturated rings. The first-order valence-corrected chi connectivity index (χ1v) is 6.11. The van der Waals surface area contributed by atoms with Crippen LogP contribution in [-0.4, -0.2) is 46.8 Å². The summed E-state index contributed by atoms with van der Waals surface area (Å²) in [5.74, 6) is -2.13. The first-order chi connectivity index (χ1) is 9.43. The zero-order valence-electron chi connectivity index (χ0n) is 11.1. The second-order valence-electron chi connectivity index (χ2n) is 4.34. The van der Waals surface area contributed by atoms with Gasteiger partial charge in [-0.15, -0.1) is 0 Å². The van der Waals surface area contributed by atoms with Crippen LogP contribution in [0, 0.1) is 0 Å². The molecule has 0 heterocycles. The van der Waals surface area contributed by atoms with Crippen molar-refractivity contribution in [2.75, 3.05) is 13.6 Å². The van der Waals surface area contributed by atoms with Crippen LogP contribution in [0.5, 0.6) is 11.5 Å². The fourth-order valence-electron chi connectivity index (χ4n) is 1.64. The average Bonchev–Trinajstić information content (AvgIpc) is 2.39. The minimum Gasteiger partial charge on any atom is -0.504 e. The molecule has 0 saturated carbocycles. The van der Waals surface area contributed by atoms with E-state index in [1.807, 2.05) is 0 Å². The van der Waals surface area contributed by atoms with Crippen LogP contribution in [0.3, 0.4) is 0 Å². The average molecular weight is 282 g/mol. The largest absolute Gasteiger partial charge is 0.504 e. The van der Waals surface area contributed by atoms with Crippen molar-refractivity contribution >= 4 is 11.9 Å². The minimum absolute atomic E-state index is 0.0223. The van der Waals surface area contributed by atoms with E-state index in [0.717, 1.165) is 0 Å². The number of carboxylic acids is 1. The van der Waals surface area contributed by atoms with Gasteiger partial charge in [-0.2, -0.15) is 0 Å². The van der Waals surface area contributed by atoms with Crippen LogP contribution in [0.15, 0.2) is 18.2 Å². The third-order valence-corrected chi connectivity index (χ3v) is 2.72. The molecule has 1 amide bonds. The number of hydrogen-bond donors (Lipinski definition) is 5. The van der Waals surface area contributed by atoms with Gasteiger partial charge in [-0.3, -0.25) is 4.79 Å². The summed E-state index contributed by atoms with van der Waals surface area (Å²) in [6, 6.07) is 2.95. The molecular formula is C13H18N2O5. The number of hydrogen-bond acceptors (Lipinski definition) is 5. The van der Waals surface area contributed by atoms with Crippen LogP contribution < -0.4 is 10.6 Å². The van der Waals surface area contributed by atoms with Gasteiger partial charge < -0.3 is 26.0 Å². The Bertz CT molecular complexity index is 490. The molecule has 0 saturated heterocycles. The van der Waals surface area contributed by atoms with Crippen LogP contribution in [0.2, 0.25) is 0 Å². The van der Waals surface area contributed by atoms with Crippen molar-refractivity contribution in [2.45, 2.75) is 18.9 Å². The third kappa shape index (κ3) is 4.77. The monoisotopic (exact) mass is 282 g/mol. The van der Waals surface area contributed by atoms with E-state index in [2.05, 4.69) is 10.6 Å². The summed E-state index contributed by atoms with van der Waals surface area (Å²) in [5.41, 5.74) is 0.501. The van der Waals surface area contributed by atoms with Crippen molar-refractivity contribution in [1.29, 1.82) is 0 Å². The van der Waals surface area contributed by atoms with Gasteiger partial charge in [0.1, 0.15) is 6.04 Å². The summed E-state index contributed by atoms with van der Waals surface area (Å²) in [5, 5.41) is 32.8. The number of aromatic hydroxyl groups is 2. The lowest BCUT2D eigenvalue weighted by molar-refractivity contribution is -0.141. The van der Waals surface area contributed by atoms with Crippen LogP contribution >= 0.6 is 0 Å². The lowest BCUT2D eigenvalue weighted by Crippen LogP contribution is -2.43. The van der Waals surface area contributed by atoms with Crippen molar-refractivity contribution in [3.8, 4) is 11.5 Å². The molecule has 7 heteroatoms. The van der Waals surface area contributed by atoms with Gasteiger partial charge in [-0.1, -0.05) is 6.07 Å². The van der Waals surface area contributed by atoms with Gasteiger partial charge in [0, 0.05) is 19.4 Å². The Morgan fingerprint density at radius 3 is 2.50 bits per heavy atom. The molecule has 5 N–H and O–H groups in total. The van der Waals surface area contributed by atoms with E-state index in [-0.39, 0.29) is 30.2 Å². The molecule has 1 aromatic carbocycles. The fourth-order valence-corrected chi connectivity index (χ4v) is 1.64. The number of amides is 1. The standard InChI is InChI=1S/C13H18N2O5/c1-14-5-4-12(18)15-9(13(19)20)6-8-2-3-10(16)11(17)7-8/h2-3,7,9,14,16-17H,4-6H2,1H3,(H,15,18)(H,19,20). The highest BCUT2D eigenvalue weighted by Crippen LogP contribution is 2.25. The fraction of sp³-hybridized carbons (Fsp3) is 0.385. The smallest absolute Gasteiger partial charge is 0.326 e. The number of carboxylic acid groups (broad SMARTS) is 1. The number of carbonyl (C=O) groups is 2. The van der Waals surface area contributed by atoms with Crippen molar-refractivity contribution in [1.82, 2.24) is 10.6 Å². The van der Waals surface area contributed by atoms with Gasteiger partial charge in [-0.05, 0) is 24.7 Å². The number of aliphatic carboxylic acids is 1. The maximum absolute atomic E-state index is 11.5. The van der Waals surface area contributed by atoms with E-state index in [0.29, 0.717) is 12.1 Å². The highest BCUT2D eigenvalue weighted by Gasteiger charge is 2.20. The molecule has 0 radical (unpaired) electrons. The van der Waals surface area contributed by atoms with Crippen LogP contribution in [0.1, 0.15) is 12.0 Å². The van der Waals surface area contributed by atoms with Crippen LogP contribution in [0.4, 0.5) is 0 Å². The summed E-state index contributed by atoms with van der Waals surface area (Å²) in [6.45, 7) is 0.457. The molecule has 0 aliphatic rings. The molecule has 0 spiro atoms. The topological polar surface area (TPSA) is 119 Å². The zero-order chi connectivity index (χ0) is 15.1. The second kappa shape index (κ2) is 7.34. The molecule has 0 aromatic heterocycles. The van der Waals surface area contributed by atoms with E-state index in [1.54, 1.807) is 7.05 Å². The van der Waals surface area contributed by atoms with Gasteiger partial charge in [0.05, 0.1) is 0 Å². The molecule has 0 aliphatic carbocycles. The minimum atomic E-state index is -1.16. The van der Waals surface area contributed by atoms with E-state index in [1.165, 1.54) is 18.2 Å². The molecule has 1 unspecified atom stereocenters. The maximum atomic E-state index is 11.5. The first kappa shape index (κ1) is 15.8. The Morgan fingerprint density at radius 1 is 1.25 bits per heavy atom. The molecule has 0 aliphatic heterocycles. The van der Waals surface area contributed by atoms with Gasteiger partial charge in [0.2, 0.25) is 5.91 Å². The SMILES string of the molecule is CNCCC(=O)NC(Cc1ccc(O)c(O)c1)C(=O)O. The van der Waals surface area contributed by atoms with Crippen molar-refractivity contribution in [3.63, 3.8) is 0 Å². The number of benzene rings is 1. The summed E-state index contributed by atoms with van der Waals surface area (Å²) in [7, 11) is 1.70. The Kier molecular flexibility index (Phi) is 5.79. The lowest BCUT2D eigenvalue weighted by Gasteiger charge is -2.15. The van der Waals surface area contributed by atoms with Gasteiger partial charge in [0.15, 0.2) is 11.5 Å². The highest BCUT2D eigenvalue weighted by molar-refractivity contribution is 5.83. The van der Waals surface area contributed by atoms with Gasteiger partial charge in [-0.25, -0.2) is 4.79 Å². The molecule has 0 bridgehead atoms. The molecule has 1 atom stereocenters. The predicted molar refractivity (Wildman–Crippen MR) is 71.6 cm³/mol. The number of carbonyl (C=O) groups excluding carboxylic acids is 1. The van der Waals surface area contributed by atoms with E-state index in [9.17, 15) is 19.8 Å². The number of phenols is 2. The number of nitrogens with one attached hydrogen (secondary N) is 2. The Morgan fingerprint density at radius 2 is 1.95 bits per heavy atom. The van der Waals surface area contributed by atoms with E-state index >= 15 is 0 Å². The molecule has 20 heavy (non-hydrogen) atoms. The summed E-state index contributed by atoms with van der Waals surface area (Å²) < 4.78 is 0. The van der Waals surface area contributed by atoms with Crippen LogP contribution in [-0.2, 0) is 16.0 Å². The number of phenolic OH excluding ortho intramolecular Hbond substituents is 2. The number of rotatable bonds is 7. The van der Waals surface area contributed by atoms with Crippen LogP contribution in [0.25, 0.3) is 0 Å². The quantitative estimate of drug-likeness (QED) is 0.443. The molecule has 1 aromatic rings. The molecular weight excluding hydrogens is 264 g/mol. The van der Waals surface area contributed by atoms with Crippen molar-refractivity contribution < 1.29 is 24.9 Å². The lowest BCUT2D eigenvalue weighted by atomic mass is 10.1. The van der Waals surface area contributed by atoms with Gasteiger partial charge >= 0.3 is 5.97 Å². The molecule has 7 nitrogen and oxygen atoms in total. The third-order valence-electron chi connectivity index (χ3n) is 2.72. The molecule has 1 rings (SSSR count). The van der Waals surface area contributed by atoms with Crippen molar-refractivity contribution in [2.24, 2.45) is 0 Å². The Labute approximate surface area is 116 Å². The van der Waals surface area contributed by atoms with E-state index < -0.39 is 12.0 Å². The Balaban J connectivity index is 2.69. The molecule has 110 valence electrons. The highest BCUT2D eigenvalue weighted by atomic mass is 16.4.